The molecule has 1 aliphatic carbocycles. The summed E-state index contributed by atoms with van der Waals surface area (Å²) in [6.07, 6.45) is 4.88. The Balaban J connectivity index is 1.78. The summed E-state index contributed by atoms with van der Waals surface area (Å²) in [6, 6.07) is 17.3. The molecule has 1 aliphatic rings. The van der Waals surface area contributed by atoms with E-state index in [0.717, 1.165) is 36.8 Å². The maximum Gasteiger partial charge on any atom is 0.261 e. The van der Waals surface area contributed by atoms with Crippen LogP contribution in [0.5, 0.6) is 5.75 Å². The summed E-state index contributed by atoms with van der Waals surface area (Å²) in [5, 5.41) is 3.18. The van der Waals surface area contributed by atoms with Gasteiger partial charge in [-0.3, -0.25) is 9.59 Å². The van der Waals surface area contributed by atoms with Crippen molar-refractivity contribution in [2.24, 2.45) is 0 Å². The van der Waals surface area contributed by atoms with Crippen molar-refractivity contribution in [3.8, 4) is 5.75 Å². The molecule has 0 aromatic heterocycles. The van der Waals surface area contributed by atoms with Gasteiger partial charge in [-0.2, -0.15) is 0 Å². The fourth-order valence-corrected chi connectivity index (χ4v) is 4.50. The van der Waals surface area contributed by atoms with Crippen molar-refractivity contribution in [3.63, 3.8) is 0 Å². The summed E-state index contributed by atoms with van der Waals surface area (Å²) in [6.45, 7) is 8.60. The summed E-state index contributed by atoms with van der Waals surface area (Å²) in [5.74, 6) is 0.459. The van der Waals surface area contributed by atoms with Gasteiger partial charge in [0.1, 0.15) is 11.8 Å². The summed E-state index contributed by atoms with van der Waals surface area (Å²) < 4.78 is 6.03. The Morgan fingerprint density at radius 1 is 1.03 bits per heavy atom. The number of para-hydroxylation sites is 1. The van der Waals surface area contributed by atoms with Gasteiger partial charge in [-0.05, 0) is 41.9 Å². The Morgan fingerprint density at radius 3 is 2.30 bits per heavy atom. The van der Waals surface area contributed by atoms with Gasteiger partial charge in [0.05, 0.1) is 0 Å². The van der Waals surface area contributed by atoms with Crippen molar-refractivity contribution in [3.05, 3.63) is 65.7 Å². The van der Waals surface area contributed by atoms with E-state index in [9.17, 15) is 9.59 Å². The van der Waals surface area contributed by atoms with Crippen molar-refractivity contribution >= 4 is 11.8 Å². The molecule has 1 fully saturated rings. The minimum atomic E-state index is -0.528. The average molecular weight is 451 g/mol. The first-order valence-corrected chi connectivity index (χ1v) is 12.2. The molecule has 1 N–H and O–H groups in total. The van der Waals surface area contributed by atoms with Crippen molar-refractivity contribution < 1.29 is 14.3 Å². The number of hydrogen-bond donors (Lipinski definition) is 1. The van der Waals surface area contributed by atoms with Crippen LogP contribution in [-0.4, -0.2) is 35.4 Å². The number of nitrogens with one attached hydrogen (secondary N) is 1. The number of hydrogen-bond acceptors (Lipinski definition) is 3. The van der Waals surface area contributed by atoms with E-state index < -0.39 is 6.04 Å². The van der Waals surface area contributed by atoms with Crippen molar-refractivity contribution in [2.45, 2.75) is 83.8 Å². The van der Waals surface area contributed by atoms with E-state index in [2.05, 4.69) is 26.1 Å². The van der Waals surface area contributed by atoms with Gasteiger partial charge in [-0.1, -0.05) is 89.1 Å². The van der Waals surface area contributed by atoms with Crippen LogP contribution in [0.25, 0.3) is 0 Å². The lowest BCUT2D eigenvalue weighted by molar-refractivity contribution is -0.143. The first kappa shape index (κ1) is 24.8. The molecule has 0 spiro atoms. The highest BCUT2D eigenvalue weighted by Crippen LogP contribution is 2.31. The minimum Gasteiger partial charge on any atom is -0.483 e. The van der Waals surface area contributed by atoms with Crippen LogP contribution >= 0.6 is 0 Å². The number of amides is 2. The summed E-state index contributed by atoms with van der Waals surface area (Å²) in [5.41, 5.74) is 1.95. The predicted octanol–water partition coefficient (Wildman–Crippen LogP) is 5.23. The van der Waals surface area contributed by atoms with Crippen LogP contribution < -0.4 is 10.1 Å². The second-order valence-corrected chi connectivity index (χ2v) is 9.96. The van der Waals surface area contributed by atoms with Gasteiger partial charge in [0.15, 0.2) is 6.61 Å². The Bertz CT molecular complexity index is 914. The molecule has 0 heterocycles. The average Bonchev–Trinajstić information content (AvgIpc) is 3.30. The van der Waals surface area contributed by atoms with Crippen molar-refractivity contribution in [1.82, 2.24) is 10.2 Å². The number of nitrogens with zero attached hydrogens (tertiary/aromatic N) is 1. The zero-order chi connectivity index (χ0) is 23.8. The van der Waals surface area contributed by atoms with Gasteiger partial charge in [0.2, 0.25) is 5.91 Å². The van der Waals surface area contributed by atoms with E-state index in [1.54, 1.807) is 4.90 Å². The summed E-state index contributed by atoms with van der Waals surface area (Å²) in [7, 11) is 0. The molecule has 1 atom stereocenters. The van der Waals surface area contributed by atoms with E-state index in [0.29, 0.717) is 18.7 Å². The number of rotatable bonds is 9. The lowest BCUT2D eigenvalue weighted by Gasteiger charge is -2.31. The molecule has 0 bridgehead atoms. The molecule has 0 radical (unpaired) electrons. The topological polar surface area (TPSA) is 58.6 Å². The molecular formula is C28H38N2O3. The number of ether oxygens (including phenoxy) is 1. The third-order valence-corrected chi connectivity index (χ3v) is 6.33. The summed E-state index contributed by atoms with van der Waals surface area (Å²) >= 11 is 0. The lowest BCUT2D eigenvalue weighted by atomic mass is 9.86. The predicted molar refractivity (Wildman–Crippen MR) is 132 cm³/mol. The largest absolute Gasteiger partial charge is 0.483 e. The molecule has 178 valence electrons. The van der Waals surface area contributed by atoms with Gasteiger partial charge in [0.25, 0.3) is 5.91 Å². The van der Waals surface area contributed by atoms with Crippen LogP contribution in [0, 0.1) is 0 Å². The highest BCUT2D eigenvalue weighted by Gasteiger charge is 2.31. The third-order valence-electron chi connectivity index (χ3n) is 6.33. The van der Waals surface area contributed by atoms with Crippen LogP contribution in [-0.2, 0) is 21.5 Å². The van der Waals surface area contributed by atoms with Crippen LogP contribution in [0.1, 0.15) is 70.9 Å². The fourth-order valence-electron chi connectivity index (χ4n) is 4.50. The molecular weight excluding hydrogens is 412 g/mol. The quantitative estimate of drug-likeness (QED) is 0.569. The van der Waals surface area contributed by atoms with Crippen LogP contribution in [0.3, 0.4) is 0 Å². The van der Waals surface area contributed by atoms with E-state index in [1.807, 2.05) is 61.5 Å². The van der Waals surface area contributed by atoms with E-state index >= 15 is 0 Å². The Morgan fingerprint density at radius 2 is 1.67 bits per heavy atom. The zero-order valence-corrected chi connectivity index (χ0v) is 20.5. The molecule has 2 aromatic carbocycles. The van der Waals surface area contributed by atoms with Crippen LogP contribution in [0.15, 0.2) is 54.6 Å². The standard InChI is InChI=1S/C28H38N2O3/c1-5-24(27(32)29-22-15-9-10-16-22)30(19-21-13-7-6-8-14-21)26(31)20-33-25-18-12-11-17-23(25)28(2,3)4/h6-8,11-14,17-18,22,24H,5,9-10,15-16,19-20H2,1-4H3,(H,29,32). The van der Waals surface area contributed by atoms with E-state index in [4.69, 9.17) is 4.74 Å². The van der Waals surface area contributed by atoms with Gasteiger partial charge in [0, 0.05) is 12.6 Å². The molecule has 0 saturated heterocycles. The SMILES string of the molecule is CCC(C(=O)NC1CCCC1)N(Cc1ccccc1)C(=O)COc1ccccc1C(C)(C)C. The van der Waals surface area contributed by atoms with Crippen LogP contribution in [0.4, 0.5) is 0 Å². The highest BCUT2D eigenvalue weighted by molar-refractivity contribution is 5.88. The van der Waals surface area contributed by atoms with Gasteiger partial charge < -0.3 is 15.0 Å². The monoisotopic (exact) mass is 450 g/mol. The maximum atomic E-state index is 13.4. The molecule has 5 nitrogen and oxygen atoms in total. The Hall–Kier alpha value is -2.82. The fraction of sp³-hybridized carbons (Fsp3) is 0.500. The van der Waals surface area contributed by atoms with E-state index in [1.165, 1.54) is 0 Å². The van der Waals surface area contributed by atoms with E-state index in [-0.39, 0.29) is 29.9 Å². The second kappa shape index (κ2) is 11.4. The lowest BCUT2D eigenvalue weighted by Crippen LogP contribution is -2.52. The van der Waals surface area contributed by atoms with Gasteiger partial charge in [-0.25, -0.2) is 0 Å². The number of carbonyl (C=O) groups is 2. The molecule has 1 unspecified atom stereocenters. The molecule has 5 heteroatoms. The van der Waals surface area contributed by atoms with Crippen molar-refractivity contribution in [2.75, 3.05) is 6.61 Å². The molecule has 3 rings (SSSR count). The molecule has 2 aromatic rings. The molecule has 0 aliphatic heterocycles. The van der Waals surface area contributed by atoms with Crippen molar-refractivity contribution in [1.29, 1.82) is 0 Å². The molecule has 2 amide bonds. The first-order valence-electron chi connectivity index (χ1n) is 12.2. The number of benzene rings is 2. The number of carbonyl (C=O) groups excluding carboxylic acids is 2. The normalized spacial score (nSPS) is 15.2. The maximum absolute atomic E-state index is 13.4. The Labute approximate surface area is 198 Å². The Kier molecular flexibility index (Phi) is 8.54. The smallest absolute Gasteiger partial charge is 0.261 e. The summed E-state index contributed by atoms with van der Waals surface area (Å²) in [4.78, 5) is 28.3. The molecule has 33 heavy (non-hydrogen) atoms. The highest BCUT2D eigenvalue weighted by atomic mass is 16.5. The minimum absolute atomic E-state index is 0.0660. The molecule has 1 saturated carbocycles. The third kappa shape index (κ3) is 6.83. The van der Waals surface area contributed by atoms with Gasteiger partial charge in [-0.15, -0.1) is 0 Å². The van der Waals surface area contributed by atoms with Gasteiger partial charge >= 0.3 is 0 Å². The zero-order valence-electron chi connectivity index (χ0n) is 20.5. The van der Waals surface area contributed by atoms with Crippen LogP contribution in [0.2, 0.25) is 0 Å². The first-order chi connectivity index (χ1) is 15.8. The second-order valence-electron chi connectivity index (χ2n) is 9.96.